The minimum absolute atomic E-state index is 0.0145. The summed E-state index contributed by atoms with van der Waals surface area (Å²) >= 11 is 0. The predicted molar refractivity (Wildman–Crippen MR) is 125 cm³/mol. The van der Waals surface area contributed by atoms with Gasteiger partial charge in [0.15, 0.2) is 11.6 Å². The number of nitrogens with one attached hydrogen (secondary N) is 1. The highest BCUT2D eigenvalue weighted by atomic mass is 19.1. The van der Waals surface area contributed by atoms with Crippen LogP contribution in [0.4, 0.5) is 8.78 Å². The molecule has 0 aliphatic carbocycles. The first-order chi connectivity index (χ1) is 16.7. The maximum Gasteiger partial charge on any atom is 0.335 e. The molecule has 4 N–H and O–H groups in total. The molecular formula is C26H19F2N3O4. The van der Waals surface area contributed by atoms with Crippen LogP contribution >= 0.6 is 0 Å². The number of hydrogen-bond acceptors (Lipinski definition) is 5. The van der Waals surface area contributed by atoms with Gasteiger partial charge >= 0.3 is 5.97 Å². The normalized spacial score (nSPS) is 10.6. The van der Waals surface area contributed by atoms with Gasteiger partial charge in [-0.1, -0.05) is 36.4 Å². The van der Waals surface area contributed by atoms with Crippen LogP contribution in [0.2, 0.25) is 0 Å². The fraction of sp³-hybridized carbons (Fsp3) is 0.0385. The van der Waals surface area contributed by atoms with Gasteiger partial charge in [-0.3, -0.25) is 5.41 Å². The van der Waals surface area contributed by atoms with Crippen LogP contribution in [-0.4, -0.2) is 21.9 Å². The standard InChI is InChI=1S/C26H19F2N3O4/c1-14-21(27)24(31-25(22(14)28)35-20-10-4-8-18(13-20)26(32)33)34-19-9-3-6-16(12-19)15-5-2-7-17(11-15)23(29)30/h2-13H,1H3,(H3,29,30)(H,32,33). The molecule has 4 rings (SSSR count). The molecule has 0 saturated heterocycles. The van der Waals surface area contributed by atoms with E-state index in [2.05, 4.69) is 4.98 Å². The Bertz CT molecular complexity index is 1460. The van der Waals surface area contributed by atoms with Crippen molar-refractivity contribution in [2.75, 3.05) is 0 Å². The number of rotatable bonds is 7. The second-order valence-electron chi connectivity index (χ2n) is 7.53. The SMILES string of the molecule is Cc1c(F)c(Oc2cccc(C(=O)O)c2)nc(Oc2cccc(-c3cccc(C(=N)N)c3)c2)c1F. The van der Waals surface area contributed by atoms with Gasteiger partial charge in [0.25, 0.3) is 11.8 Å². The van der Waals surface area contributed by atoms with Crippen LogP contribution in [0.25, 0.3) is 11.1 Å². The number of pyridine rings is 1. The molecule has 0 atom stereocenters. The highest BCUT2D eigenvalue weighted by Gasteiger charge is 2.21. The summed E-state index contributed by atoms with van der Waals surface area (Å²) in [4.78, 5) is 15.0. The Kier molecular flexibility index (Phi) is 6.41. The van der Waals surface area contributed by atoms with Crippen molar-refractivity contribution < 1.29 is 28.2 Å². The molecule has 35 heavy (non-hydrogen) atoms. The van der Waals surface area contributed by atoms with E-state index in [0.29, 0.717) is 11.1 Å². The topological polar surface area (TPSA) is 119 Å². The van der Waals surface area contributed by atoms with E-state index >= 15 is 0 Å². The Morgan fingerprint density at radius 3 is 1.97 bits per heavy atom. The first-order valence-corrected chi connectivity index (χ1v) is 10.3. The number of hydrogen-bond donors (Lipinski definition) is 3. The summed E-state index contributed by atoms with van der Waals surface area (Å²) in [6.45, 7) is 1.21. The Hall–Kier alpha value is -4.79. The van der Waals surface area contributed by atoms with E-state index in [9.17, 15) is 13.6 Å². The van der Waals surface area contributed by atoms with Crippen LogP contribution in [0.1, 0.15) is 21.5 Å². The summed E-state index contributed by atoms with van der Waals surface area (Å²) < 4.78 is 40.5. The van der Waals surface area contributed by atoms with Gasteiger partial charge in [-0.15, -0.1) is 0 Å². The van der Waals surface area contributed by atoms with Gasteiger partial charge in [-0.25, -0.2) is 13.6 Å². The Balaban J connectivity index is 1.66. The lowest BCUT2D eigenvalue weighted by atomic mass is 10.0. The third-order valence-electron chi connectivity index (χ3n) is 5.09. The van der Waals surface area contributed by atoms with E-state index in [-0.39, 0.29) is 28.5 Å². The average Bonchev–Trinajstić information content (AvgIpc) is 2.86. The van der Waals surface area contributed by atoms with E-state index < -0.39 is 29.4 Å². The zero-order valence-electron chi connectivity index (χ0n) is 18.4. The van der Waals surface area contributed by atoms with Gasteiger partial charge in [0.2, 0.25) is 0 Å². The molecule has 4 aromatic rings. The number of benzene rings is 3. The molecular weight excluding hydrogens is 456 g/mol. The van der Waals surface area contributed by atoms with Gasteiger partial charge in [0, 0.05) is 11.1 Å². The fourth-order valence-electron chi connectivity index (χ4n) is 3.26. The summed E-state index contributed by atoms with van der Waals surface area (Å²) in [6, 6.07) is 19.1. The summed E-state index contributed by atoms with van der Waals surface area (Å²) in [5.41, 5.74) is 7.15. The Morgan fingerprint density at radius 1 is 0.857 bits per heavy atom. The van der Waals surface area contributed by atoms with Crippen LogP contribution in [-0.2, 0) is 0 Å². The monoisotopic (exact) mass is 475 g/mol. The number of carboxylic acids is 1. The van der Waals surface area contributed by atoms with Crippen molar-refractivity contribution in [2.45, 2.75) is 6.92 Å². The Labute approximate surface area is 198 Å². The van der Waals surface area contributed by atoms with Crippen molar-refractivity contribution in [3.8, 4) is 34.4 Å². The maximum atomic E-state index is 14.8. The van der Waals surface area contributed by atoms with Gasteiger partial charge in [0.05, 0.1) is 5.56 Å². The summed E-state index contributed by atoms with van der Waals surface area (Å²) in [7, 11) is 0. The molecule has 0 radical (unpaired) electrons. The van der Waals surface area contributed by atoms with Crippen LogP contribution in [0.15, 0.2) is 72.8 Å². The lowest BCUT2D eigenvalue weighted by Crippen LogP contribution is -2.10. The van der Waals surface area contributed by atoms with Gasteiger partial charge in [-0.2, -0.15) is 4.98 Å². The van der Waals surface area contributed by atoms with Crippen molar-refractivity contribution in [1.29, 1.82) is 5.41 Å². The molecule has 0 aliphatic heterocycles. The van der Waals surface area contributed by atoms with E-state index in [0.717, 1.165) is 5.56 Å². The number of aromatic carboxylic acids is 1. The number of ether oxygens (including phenoxy) is 2. The van der Waals surface area contributed by atoms with Crippen LogP contribution in [0.3, 0.4) is 0 Å². The molecule has 0 saturated carbocycles. The van der Waals surface area contributed by atoms with Crippen molar-refractivity contribution in [3.05, 3.63) is 101 Å². The fourth-order valence-corrected chi connectivity index (χ4v) is 3.26. The third-order valence-corrected chi connectivity index (χ3v) is 5.09. The molecule has 0 unspecified atom stereocenters. The van der Waals surface area contributed by atoms with E-state index in [1.54, 1.807) is 42.5 Å². The average molecular weight is 475 g/mol. The predicted octanol–water partition coefficient (Wildman–Crippen LogP) is 5.90. The molecule has 9 heteroatoms. The number of aromatic nitrogens is 1. The molecule has 0 bridgehead atoms. The highest BCUT2D eigenvalue weighted by Crippen LogP contribution is 2.34. The largest absolute Gasteiger partial charge is 0.478 e. The zero-order valence-corrected chi connectivity index (χ0v) is 18.4. The number of carbonyl (C=O) groups is 1. The molecule has 0 aliphatic rings. The van der Waals surface area contributed by atoms with Crippen molar-refractivity contribution in [1.82, 2.24) is 4.98 Å². The first kappa shape index (κ1) is 23.4. The molecule has 0 fully saturated rings. The Morgan fingerprint density at radius 2 is 1.37 bits per heavy atom. The number of carboxylic acid groups (broad SMARTS) is 1. The molecule has 1 heterocycles. The smallest absolute Gasteiger partial charge is 0.335 e. The molecule has 7 nitrogen and oxygen atoms in total. The molecule has 0 spiro atoms. The van der Waals surface area contributed by atoms with Gasteiger partial charge in [-0.05, 0) is 54.4 Å². The number of amidine groups is 1. The molecule has 1 aromatic heterocycles. The number of nitrogens with two attached hydrogens (primary N) is 1. The second-order valence-corrected chi connectivity index (χ2v) is 7.53. The second kappa shape index (κ2) is 9.60. The third kappa shape index (κ3) is 5.09. The minimum Gasteiger partial charge on any atom is -0.478 e. The number of nitrogens with zero attached hydrogens (tertiary/aromatic N) is 1. The van der Waals surface area contributed by atoms with E-state index in [1.807, 2.05) is 6.07 Å². The lowest BCUT2D eigenvalue weighted by Gasteiger charge is -2.13. The first-order valence-electron chi connectivity index (χ1n) is 10.3. The summed E-state index contributed by atoms with van der Waals surface area (Å²) in [5.74, 6) is -4.13. The van der Waals surface area contributed by atoms with Crippen LogP contribution in [0.5, 0.6) is 23.3 Å². The molecule has 0 amide bonds. The maximum absolute atomic E-state index is 14.8. The highest BCUT2D eigenvalue weighted by molar-refractivity contribution is 5.96. The van der Waals surface area contributed by atoms with Crippen LogP contribution < -0.4 is 15.2 Å². The van der Waals surface area contributed by atoms with E-state index in [4.69, 9.17) is 25.7 Å². The number of nitrogen functional groups attached to an aromatic ring is 1. The van der Waals surface area contributed by atoms with Gasteiger partial charge < -0.3 is 20.3 Å². The molecule has 3 aromatic carbocycles. The van der Waals surface area contributed by atoms with Gasteiger partial charge in [0.1, 0.15) is 17.3 Å². The van der Waals surface area contributed by atoms with Crippen molar-refractivity contribution in [3.63, 3.8) is 0 Å². The zero-order chi connectivity index (χ0) is 25.1. The summed E-state index contributed by atoms with van der Waals surface area (Å²) in [5, 5.41) is 16.7. The van der Waals surface area contributed by atoms with Crippen molar-refractivity contribution >= 4 is 11.8 Å². The van der Waals surface area contributed by atoms with E-state index in [1.165, 1.54) is 31.2 Å². The minimum atomic E-state index is -1.18. The van der Waals surface area contributed by atoms with Crippen molar-refractivity contribution in [2.24, 2.45) is 5.73 Å². The molecule has 176 valence electrons. The summed E-state index contributed by atoms with van der Waals surface area (Å²) in [6.07, 6.45) is 0. The lowest BCUT2D eigenvalue weighted by molar-refractivity contribution is 0.0696. The quantitative estimate of drug-likeness (QED) is 0.226. The number of halogens is 2. The van der Waals surface area contributed by atoms with Crippen LogP contribution in [0, 0.1) is 24.0 Å².